The summed E-state index contributed by atoms with van der Waals surface area (Å²) in [5.74, 6) is -2.65. The van der Waals surface area contributed by atoms with Crippen LogP contribution in [0.15, 0.2) is 66.7 Å². The largest absolute Gasteiger partial charge is 0.460 e. The average Bonchev–Trinajstić information content (AvgIpc) is 3.05. The van der Waals surface area contributed by atoms with Gasteiger partial charge in [-0.1, -0.05) is 53.5 Å². The lowest BCUT2D eigenvalue weighted by molar-refractivity contribution is -0.158. The van der Waals surface area contributed by atoms with E-state index < -0.39 is 35.0 Å². The molecular weight excluding hydrogens is 719 g/mol. The van der Waals surface area contributed by atoms with Crippen LogP contribution in [0.4, 0.5) is 11.4 Å². The van der Waals surface area contributed by atoms with E-state index in [9.17, 15) is 19.2 Å². The first-order chi connectivity index (χ1) is 24.8. The van der Waals surface area contributed by atoms with Gasteiger partial charge in [-0.3, -0.25) is 19.2 Å². The second-order valence-electron chi connectivity index (χ2n) is 14.7. The van der Waals surface area contributed by atoms with Crippen LogP contribution >= 0.6 is 23.2 Å². The lowest BCUT2D eigenvalue weighted by Gasteiger charge is -2.22. The van der Waals surface area contributed by atoms with Gasteiger partial charge in [-0.2, -0.15) is 0 Å². The summed E-state index contributed by atoms with van der Waals surface area (Å²) in [6.07, 6.45) is 0.517. The predicted molar refractivity (Wildman–Crippen MR) is 210 cm³/mol. The summed E-state index contributed by atoms with van der Waals surface area (Å²) in [7, 11) is 0. The van der Waals surface area contributed by atoms with Gasteiger partial charge >= 0.3 is 11.9 Å². The number of hydrogen-bond donors (Lipinski definition) is 3. The number of anilines is 2. The molecule has 2 amide bonds. The minimum Gasteiger partial charge on any atom is -0.460 e. The van der Waals surface area contributed by atoms with Crippen LogP contribution in [0.25, 0.3) is 0 Å². The van der Waals surface area contributed by atoms with Crippen LogP contribution in [-0.4, -0.2) is 53.3 Å². The summed E-state index contributed by atoms with van der Waals surface area (Å²) >= 11 is 12.0. The summed E-state index contributed by atoms with van der Waals surface area (Å²) in [5.41, 5.74) is 2.80. The van der Waals surface area contributed by atoms with Crippen molar-refractivity contribution in [2.75, 3.05) is 23.8 Å². The number of benzene rings is 3. The highest BCUT2D eigenvalue weighted by molar-refractivity contribution is 6.31. The van der Waals surface area contributed by atoms with Gasteiger partial charge in [0.25, 0.3) is 0 Å². The van der Waals surface area contributed by atoms with Crippen LogP contribution in [0.3, 0.4) is 0 Å². The third-order valence-electron chi connectivity index (χ3n) is 7.46. The highest BCUT2D eigenvalue weighted by atomic mass is 35.5. The summed E-state index contributed by atoms with van der Waals surface area (Å²) in [5, 5.41) is 16.0. The summed E-state index contributed by atoms with van der Waals surface area (Å²) in [6.45, 7) is 15.1. The van der Waals surface area contributed by atoms with Crippen molar-refractivity contribution in [3.63, 3.8) is 0 Å². The highest BCUT2D eigenvalue weighted by Crippen LogP contribution is 2.23. The van der Waals surface area contributed by atoms with E-state index in [1.807, 2.05) is 44.2 Å². The number of carbonyl (C=O) groups excluding carboxylic acids is 4. The van der Waals surface area contributed by atoms with Crippen molar-refractivity contribution in [3.05, 3.63) is 93.5 Å². The van der Waals surface area contributed by atoms with E-state index in [0.717, 1.165) is 16.7 Å². The minimum atomic E-state index is -0.647. The molecule has 0 aromatic heterocycles. The molecule has 0 saturated carbocycles. The Kier molecular flexibility index (Phi) is 18.5. The number of hydrogen-bond acceptors (Lipinski definition) is 8. The third-order valence-corrected chi connectivity index (χ3v) is 8.31. The van der Waals surface area contributed by atoms with Gasteiger partial charge in [0.05, 0.1) is 31.3 Å². The van der Waals surface area contributed by atoms with Gasteiger partial charge in [0.15, 0.2) is 0 Å². The predicted octanol–water partition coefficient (Wildman–Crippen LogP) is 8.86. The molecule has 10 nitrogen and oxygen atoms in total. The third kappa shape index (κ3) is 18.6. The molecule has 3 rings (SSSR count). The molecule has 12 heteroatoms. The Hall–Kier alpha value is -3.96. The molecule has 0 saturated heterocycles. The summed E-state index contributed by atoms with van der Waals surface area (Å²) in [6, 6.07) is 20.2. The van der Waals surface area contributed by atoms with Gasteiger partial charge in [0, 0.05) is 34.6 Å². The number of aryl methyl sites for hydroxylation is 2. The standard InChI is InChI=1S/C24H30ClNO4.C17H24ClNO4/c1-17-14-20(10-11-21(17)25)26-23(28)19(15-22(27)30-24(2,3)4)12-13-29-16-18-8-6-5-7-9-18;1-11-9-13(5-6-14(11)18)19-16(22)12(7-8-20)10-15(21)23-17(2,3)4/h5-11,14,19H,12-13,15-16H2,1-4H3,(H,26,28);5-6,9,12,20H,7-8,10H2,1-4H3,(H,19,22)/t19-;12-/m11/s1. The molecular formula is C41H54Cl2N2O8. The average molecular weight is 774 g/mol. The lowest BCUT2D eigenvalue weighted by Crippen LogP contribution is -2.30. The number of aliphatic hydroxyl groups is 1. The second-order valence-corrected chi connectivity index (χ2v) is 15.5. The first kappa shape index (κ1) is 45.2. The molecule has 0 radical (unpaired) electrons. The zero-order valence-electron chi connectivity index (χ0n) is 32.0. The van der Waals surface area contributed by atoms with Crippen molar-refractivity contribution in [1.82, 2.24) is 0 Å². The first-order valence-electron chi connectivity index (χ1n) is 17.6. The van der Waals surface area contributed by atoms with E-state index in [0.29, 0.717) is 41.1 Å². The molecule has 0 aliphatic rings. The zero-order chi connectivity index (χ0) is 39.8. The first-order valence-corrected chi connectivity index (χ1v) is 18.3. The van der Waals surface area contributed by atoms with Crippen molar-refractivity contribution in [2.24, 2.45) is 11.8 Å². The van der Waals surface area contributed by atoms with Crippen molar-refractivity contribution in [2.45, 2.75) is 98.9 Å². The van der Waals surface area contributed by atoms with Gasteiger partial charge in [-0.05, 0) is 121 Å². The SMILES string of the molecule is Cc1cc(NC(=O)[C@H](CCO)CC(=O)OC(C)(C)C)ccc1Cl.Cc1cc(NC(=O)[C@H](CCOCc2ccccc2)CC(=O)OC(C)(C)C)ccc1Cl. The molecule has 0 spiro atoms. The Morgan fingerprint density at radius 1 is 0.679 bits per heavy atom. The van der Waals surface area contributed by atoms with Crippen LogP contribution < -0.4 is 10.6 Å². The molecule has 3 N–H and O–H groups in total. The Bertz CT molecular complexity index is 1650. The van der Waals surface area contributed by atoms with Crippen LogP contribution in [0.5, 0.6) is 0 Å². The number of halogens is 2. The van der Waals surface area contributed by atoms with Gasteiger partial charge in [-0.15, -0.1) is 0 Å². The molecule has 53 heavy (non-hydrogen) atoms. The lowest BCUT2D eigenvalue weighted by atomic mass is 10.00. The van der Waals surface area contributed by atoms with Gasteiger partial charge in [-0.25, -0.2) is 0 Å². The van der Waals surface area contributed by atoms with E-state index in [1.165, 1.54) is 0 Å². The van der Waals surface area contributed by atoms with E-state index in [-0.39, 0.29) is 37.7 Å². The molecule has 0 aliphatic carbocycles. The van der Waals surface area contributed by atoms with E-state index in [1.54, 1.807) is 77.9 Å². The van der Waals surface area contributed by atoms with Crippen LogP contribution in [0.1, 0.15) is 83.9 Å². The topological polar surface area (TPSA) is 140 Å². The molecule has 0 unspecified atom stereocenters. The zero-order valence-corrected chi connectivity index (χ0v) is 33.5. The number of amides is 2. The summed E-state index contributed by atoms with van der Waals surface area (Å²) in [4.78, 5) is 49.4. The number of esters is 2. The quantitative estimate of drug-likeness (QED) is 0.103. The fourth-order valence-corrected chi connectivity index (χ4v) is 5.13. The molecule has 0 heterocycles. The smallest absolute Gasteiger partial charge is 0.307 e. The monoisotopic (exact) mass is 772 g/mol. The Morgan fingerprint density at radius 3 is 1.51 bits per heavy atom. The molecule has 0 bridgehead atoms. The van der Waals surface area contributed by atoms with Crippen LogP contribution in [0.2, 0.25) is 10.0 Å². The number of aliphatic hydroxyl groups excluding tert-OH is 1. The minimum absolute atomic E-state index is 0.00955. The van der Waals surface area contributed by atoms with Crippen molar-refractivity contribution in [3.8, 4) is 0 Å². The maximum absolute atomic E-state index is 12.9. The van der Waals surface area contributed by atoms with E-state index in [4.69, 9.17) is 42.5 Å². The van der Waals surface area contributed by atoms with Gasteiger partial charge < -0.3 is 30.0 Å². The molecule has 0 aliphatic heterocycles. The van der Waals surface area contributed by atoms with Gasteiger partial charge in [0.1, 0.15) is 11.2 Å². The van der Waals surface area contributed by atoms with E-state index in [2.05, 4.69) is 10.6 Å². The van der Waals surface area contributed by atoms with Crippen LogP contribution in [-0.2, 0) is 40.0 Å². The second kappa shape index (κ2) is 21.7. The number of ether oxygens (including phenoxy) is 3. The molecule has 0 fully saturated rings. The molecule has 3 aromatic rings. The number of carbonyl (C=O) groups is 4. The Labute approximate surface area is 323 Å². The van der Waals surface area contributed by atoms with Crippen molar-refractivity contribution < 1.29 is 38.5 Å². The van der Waals surface area contributed by atoms with Crippen molar-refractivity contribution in [1.29, 1.82) is 0 Å². The Balaban J connectivity index is 0.000000381. The molecule has 290 valence electrons. The van der Waals surface area contributed by atoms with Crippen molar-refractivity contribution >= 4 is 58.3 Å². The van der Waals surface area contributed by atoms with E-state index >= 15 is 0 Å². The normalized spacial score (nSPS) is 12.4. The maximum atomic E-state index is 12.9. The maximum Gasteiger partial charge on any atom is 0.307 e. The van der Waals surface area contributed by atoms with Gasteiger partial charge in [0.2, 0.25) is 11.8 Å². The summed E-state index contributed by atoms with van der Waals surface area (Å²) < 4.78 is 16.4. The number of rotatable bonds is 15. The highest BCUT2D eigenvalue weighted by Gasteiger charge is 2.27. The fraction of sp³-hybridized carbons (Fsp3) is 0.463. The fourth-order valence-electron chi connectivity index (χ4n) is 4.90. The van der Waals surface area contributed by atoms with Crippen LogP contribution in [0, 0.1) is 25.7 Å². The number of nitrogens with one attached hydrogen (secondary N) is 2. The Morgan fingerprint density at radius 2 is 1.11 bits per heavy atom. The molecule has 2 atom stereocenters. The molecule has 3 aromatic carbocycles.